The number of pyridine rings is 1. The molecule has 1 amide bonds. The fourth-order valence-corrected chi connectivity index (χ4v) is 4.68. The number of rotatable bonds is 0. The summed E-state index contributed by atoms with van der Waals surface area (Å²) in [7, 11) is 0. The molecule has 6 rings (SSSR count). The van der Waals surface area contributed by atoms with Crippen molar-refractivity contribution in [1.82, 2.24) is 24.9 Å². The zero-order valence-corrected chi connectivity index (χ0v) is 16.8. The van der Waals surface area contributed by atoms with Crippen LogP contribution >= 0.6 is 0 Å². The maximum Gasteiger partial charge on any atom is 0.256 e. The van der Waals surface area contributed by atoms with Gasteiger partial charge in [0.25, 0.3) is 5.91 Å². The number of anilines is 1. The van der Waals surface area contributed by atoms with Gasteiger partial charge in [0.05, 0.1) is 37.8 Å². The van der Waals surface area contributed by atoms with E-state index in [0.717, 1.165) is 25.5 Å². The van der Waals surface area contributed by atoms with Gasteiger partial charge < -0.3 is 19.7 Å². The molecule has 0 radical (unpaired) electrons. The number of nitrogens with one attached hydrogen (secondary N) is 1. The summed E-state index contributed by atoms with van der Waals surface area (Å²) in [4.78, 5) is 23.8. The Balaban J connectivity index is 1.53. The summed E-state index contributed by atoms with van der Waals surface area (Å²) in [6, 6.07) is 1.57. The van der Waals surface area contributed by atoms with Gasteiger partial charge in [-0.25, -0.2) is 18.9 Å². The van der Waals surface area contributed by atoms with E-state index in [0.29, 0.717) is 60.3 Å². The Labute approximate surface area is 177 Å². The monoisotopic (exact) mass is 424 g/mol. The van der Waals surface area contributed by atoms with Crippen LogP contribution in [0, 0.1) is 5.82 Å². The number of nitrogens with zero attached hydrogens (tertiary/aromatic N) is 5. The van der Waals surface area contributed by atoms with Gasteiger partial charge in [-0.3, -0.25) is 4.79 Å². The van der Waals surface area contributed by atoms with Crippen molar-refractivity contribution in [2.75, 3.05) is 18.1 Å². The summed E-state index contributed by atoms with van der Waals surface area (Å²) < 4.78 is 27.8. The Kier molecular flexibility index (Phi) is 4.18. The second-order valence-electron chi connectivity index (χ2n) is 8.11. The lowest BCUT2D eigenvalue weighted by Crippen LogP contribution is -2.47. The number of amides is 1. The fourth-order valence-electron chi connectivity index (χ4n) is 4.68. The van der Waals surface area contributed by atoms with E-state index in [4.69, 9.17) is 14.5 Å². The number of hydrogen-bond acceptors (Lipinski definition) is 7. The molecule has 3 aromatic rings. The second kappa shape index (κ2) is 7.07. The number of fused-ring (bicyclic) bond motifs is 3. The molecule has 1 saturated carbocycles. The van der Waals surface area contributed by atoms with Crippen molar-refractivity contribution < 1.29 is 18.7 Å². The predicted octanol–water partition coefficient (Wildman–Crippen LogP) is 2.10. The number of carbonyl (C=O) groups excluding carboxylic acids is 1. The van der Waals surface area contributed by atoms with Crippen LogP contribution in [-0.4, -0.2) is 50.8 Å². The van der Waals surface area contributed by atoms with Gasteiger partial charge in [0.1, 0.15) is 17.5 Å². The van der Waals surface area contributed by atoms with Crippen molar-refractivity contribution in [2.24, 2.45) is 0 Å². The first kappa shape index (κ1) is 18.3. The van der Waals surface area contributed by atoms with Crippen molar-refractivity contribution in [1.29, 1.82) is 0 Å². The Morgan fingerprint density at radius 1 is 1.23 bits per heavy atom. The first-order chi connectivity index (χ1) is 15.2. The van der Waals surface area contributed by atoms with Crippen LogP contribution in [0.25, 0.3) is 5.65 Å². The summed E-state index contributed by atoms with van der Waals surface area (Å²) in [6.45, 7) is 1.17. The van der Waals surface area contributed by atoms with Gasteiger partial charge in [-0.15, -0.1) is 0 Å². The van der Waals surface area contributed by atoms with Crippen LogP contribution in [-0.2, 0) is 6.54 Å². The average molecular weight is 424 g/mol. The molecule has 1 N–H and O–H groups in total. The number of aromatic nitrogens is 4. The van der Waals surface area contributed by atoms with Crippen molar-refractivity contribution in [3.05, 3.63) is 41.6 Å². The van der Waals surface area contributed by atoms with Crippen LogP contribution in [0.15, 0.2) is 24.7 Å². The molecule has 3 aliphatic rings. The van der Waals surface area contributed by atoms with Gasteiger partial charge in [0, 0.05) is 12.1 Å². The standard InChI is InChI=1S/C21H21FN6O3/c22-13-7-12-10-27-15-3-1-4-16(15)31-17-11-28-18(26-19(17)27)14(9-25-28)20(29)23-5-2-6-30-21(12)24-8-13/h7-9,11,15-16H,1-6,10H2,(H,23,29)/t15-,16+/m1/s1. The molecule has 2 aliphatic heterocycles. The lowest BCUT2D eigenvalue weighted by Gasteiger charge is -2.39. The first-order valence-corrected chi connectivity index (χ1v) is 10.5. The van der Waals surface area contributed by atoms with Gasteiger partial charge in [-0.2, -0.15) is 5.10 Å². The maximum atomic E-state index is 14.1. The Morgan fingerprint density at radius 3 is 3.10 bits per heavy atom. The van der Waals surface area contributed by atoms with E-state index in [1.807, 2.05) is 0 Å². The minimum Gasteiger partial charge on any atom is -0.483 e. The molecular formula is C21H21FN6O3. The van der Waals surface area contributed by atoms with E-state index in [2.05, 4.69) is 20.3 Å². The highest BCUT2D eigenvalue weighted by Gasteiger charge is 2.41. The highest BCUT2D eigenvalue weighted by Crippen LogP contribution is 2.42. The molecule has 31 heavy (non-hydrogen) atoms. The number of hydrogen-bond donors (Lipinski definition) is 1. The van der Waals surface area contributed by atoms with Gasteiger partial charge >= 0.3 is 0 Å². The number of ether oxygens (including phenoxy) is 2. The molecule has 5 heterocycles. The summed E-state index contributed by atoms with van der Waals surface area (Å²) in [5.74, 6) is 0.983. The number of carbonyl (C=O) groups is 1. The molecule has 1 fully saturated rings. The zero-order chi connectivity index (χ0) is 20.9. The highest BCUT2D eigenvalue weighted by atomic mass is 19.1. The molecule has 10 heteroatoms. The Bertz CT molecular complexity index is 1180. The van der Waals surface area contributed by atoms with E-state index in [1.165, 1.54) is 12.3 Å². The van der Waals surface area contributed by atoms with Crippen LogP contribution in [0.5, 0.6) is 11.6 Å². The lowest BCUT2D eigenvalue weighted by molar-refractivity contribution is 0.0952. The van der Waals surface area contributed by atoms with Gasteiger partial charge in [-0.1, -0.05) is 0 Å². The highest BCUT2D eigenvalue weighted by molar-refractivity contribution is 5.99. The van der Waals surface area contributed by atoms with Crippen molar-refractivity contribution in [3.8, 4) is 11.6 Å². The molecule has 0 aromatic carbocycles. The molecule has 2 bridgehead atoms. The maximum absolute atomic E-state index is 14.1. The molecule has 0 saturated heterocycles. The quantitative estimate of drug-likeness (QED) is 0.591. The third-order valence-electron chi connectivity index (χ3n) is 6.13. The molecule has 160 valence electrons. The van der Waals surface area contributed by atoms with E-state index >= 15 is 0 Å². The van der Waals surface area contributed by atoms with E-state index < -0.39 is 5.82 Å². The van der Waals surface area contributed by atoms with Gasteiger partial charge in [0.15, 0.2) is 17.2 Å². The summed E-state index contributed by atoms with van der Waals surface area (Å²) in [5, 5.41) is 7.18. The van der Waals surface area contributed by atoms with E-state index in [1.54, 1.807) is 10.7 Å². The van der Waals surface area contributed by atoms with Crippen LogP contribution in [0.2, 0.25) is 0 Å². The topological polar surface area (TPSA) is 93.9 Å². The smallest absolute Gasteiger partial charge is 0.256 e. The molecule has 3 aromatic heterocycles. The SMILES string of the molecule is O=C1NCCCOc2ncc(F)cc2CN2c3nc4c1cnn4cc3O[C@H]1CCC[C@H]12. The van der Waals surface area contributed by atoms with E-state index in [-0.39, 0.29) is 18.1 Å². The molecule has 2 atom stereocenters. The fraction of sp³-hybridized carbons (Fsp3) is 0.429. The normalized spacial score (nSPS) is 22.9. The van der Waals surface area contributed by atoms with Crippen LogP contribution in [0.3, 0.4) is 0 Å². The molecule has 0 unspecified atom stereocenters. The molecule has 1 aliphatic carbocycles. The van der Waals surface area contributed by atoms with Crippen molar-refractivity contribution >= 4 is 17.4 Å². The zero-order valence-electron chi connectivity index (χ0n) is 16.8. The predicted molar refractivity (Wildman–Crippen MR) is 108 cm³/mol. The first-order valence-electron chi connectivity index (χ1n) is 10.5. The summed E-state index contributed by atoms with van der Waals surface area (Å²) in [6.07, 6.45) is 7.99. The largest absolute Gasteiger partial charge is 0.483 e. The Hall–Kier alpha value is -3.43. The third-order valence-corrected chi connectivity index (χ3v) is 6.13. The third kappa shape index (κ3) is 3.05. The molecule has 9 nitrogen and oxygen atoms in total. The molecular weight excluding hydrogens is 403 g/mol. The van der Waals surface area contributed by atoms with Crippen LogP contribution in [0.1, 0.15) is 41.6 Å². The summed E-state index contributed by atoms with van der Waals surface area (Å²) in [5.41, 5.74) is 1.53. The van der Waals surface area contributed by atoms with Crippen molar-refractivity contribution in [3.63, 3.8) is 0 Å². The van der Waals surface area contributed by atoms with Gasteiger partial charge in [-0.05, 0) is 31.7 Å². The van der Waals surface area contributed by atoms with Crippen molar-refractivity contribution in [2.45, 2.75) is 44.4 Å². The van der Waals surface area contributed by atoms with Gasteiger partial charge in [0.2, 0.25) is 5.88 Å². The number of halogens is 1. The van der Waals surface area contributed by atoms with E-state index in [9.17, 15) is 9.18 Å². The average Bonchev–Trinajstić information content (AvgIpc) is 3.39. The summed E-state index contributed by atoms with van der Waals surface area (Å²) >= 11 is 0. The Morgan fingerprint density at radius 2 is 2.16 bits per heavy atom. The van der Waals surface area contributed by atoms with Crippen LogP contribution in [0.4, 0.5) is 10.2 Å². The minimum atomic E-state index is -0.409. The second-order valence-corrected chi connectivity index (χ2v) is 8.11. The molecule has 0 spiro atoms. The van der Waals surface area contributed by atoms with Crippen LogP contribution < -0.4 is 19.7 Å². The lowest BCUT2D eigenvalue weighted by atomic mass is 10.1. The minimum absolute atomic E-state index is 0.0230.